The molecule has 7 heteroatoms. The molecule has 4 rings (SSSR count). The number of nitrogens with zero attached hydrogens (tertiary/aromatic N) is 2. The fourth-order valence-corrected chi connectivity index (χ4v) is 3.26. The Balaban J connectivity index is 1.65. The molecule has 0 saturated heterocycles. The van der Waals surface area contributed by atoms with Crippen molar-refractivity contribution in [1.29, 1.82) is 0 Å². The average molecular weight is 419 g/mol. The van der Waals surface area contributed by atoms with Gasteiger partial charge in [-0.3, -0.25) is 4.79 Å². The number of halogens is 1. The second-order valence-corrected chi connectivity index (χ2v) is 7.08. The molecule has 0 bridgehead atoms. The standard InChI is InChI=1S/C23H19ClN4O2/c1-15(29)25-17-11-13-18(14-12-17)26-21(16-7-3-2-4-8-16)23-28-27-22(30-23)19-9-5-6-10-20(19)24/h2-14,21,26H,1H3,(H,25,29). The molecule has 0 spiro atoms. The quantitative estimate of drug-likeness (QED) is 0.429. The summed E-state index contributed by atoms with van der Waals surface area (Å²) in [6, 6.07) is 24.2. The van der Waals surface area contributed by atoms with Crippen molar-refractivity contribution in [2.75, 3.05) is 10.6 Å². The molecule has 0 saturated carbocycles. The summed E-state index contributed by atoms with van der Waals surface area (Å²) in [6.45, 7) is 1.48. The highest BCUT2D eigenvalue weighted by Crippen LogP contribution is 2.31. The van der Waals surface area contributed by atoms with Crippen LogP contribution in [0.5, 0.6) is 0 Å². The number of nitrogens with one attached hydrogen (secondary N) is 2. The fraction of sp³-hybridized carbons (Fsp3) is 0.0870. The molecule has 1 amide bonds. The number of hydrogen-bond acceptors (Lipinski definition) is 5. The van der Waals surface area contributed by atoms with E-state index >= 15 is 0 Å². The van der Waals surface area contributed by atoms with Crippen LogP contribution in [0.1, 0.15) is 24.4 Å². The van der Waals surface area contributed by atoms with Gasteiger partial charge in [-0.25, -0.2) is 0 Å². The Kier molecular flexibility index (Phi) is 5.77. The summed E-state index contributed by atoms with van der Waals surface area (Å²) in [5.41, 5.74) is 3.22. The minimum Gasteiger partial charge on any atom is -0.418 e. The molecular weight excluding hydrogens is 400 g/mol. The SMILES string of the molecule is CC(=O)Nc1ccc(NC(c2ccccc2)c2nnc(-c3ccccc3Cl)o2)cc1. The highest BCUT2D eigenvalue weighted by Gasteiger charge is 2.22. The summed E-state index contributed by atoms with van der Waals surface area (Å²) in [6.07, 6.45) is 0. The van der Waals surface area contributed by atoms with Gasteiger partial charge in [-0.1, -0.05) is 54.1 Å². The number of benzene rings is 3. The minimum atomic E-state index is -0.360. The Hall–Kier alpha value is -3.64. The van der Waals surface area contributed by atoms with E-state index < -0.39 is 0 Å². The van der Waals surface area contributed by atoms with E-state index in [1.54, 1.807) is 6.07 Å². The number of carbonyl (C=O) groups excluding carboxylic acids is 1. The van der Waals surface area contributed by atoms with E-state index in [1.807, 2.05) is 72.8 Å². The lowest BCUT2D eigenvalue weighted by molar-refractivity contribution is -0.114. The highest BCUT2D eigenvalue weighted by molar-refractivity contribution is 6.33. The molecule has 0 fully saturated rings. The maximum Gasteiger partial charge on any atom is 0.249 e. The van der Waals surface area contributed by atoms with Gasteiger partial charge < -0.3 is 15.1 Å². The van der Waals surface area contributed by atoms with Gasteiger partial charge >= 0.3 is 0 Å². The van der Waals surface area contributed by atoms with Crippen molar-refractivity contribution in [3.63, 3.8) is 0 Å². The lowest BCUT2D eigenvalue weighted by Crippen LogP contribution is -2.13. The van der Waals surface area contributed by atoms with Gasteiger partial charge in [0.15, 0.2) is 0 Å². The van der Waals surface area contributed by atoms with Crippen molar-refractivity contribution < 1.29 is 9.21 Å². The third-order valence-electron chi connectivity index (χ3n) is 4.44. The van der Waals surface area contributed by atoms with Crippen molar-refractivity contribution in [2.45, 2.75) is 13.0 Å². The Morgan fingerprint density at radius 2 is 1.57 bits per heavy atom. The van der Waals surface area contributed by atoms with Gasteiger partial charge in [0.2, 0.25) is 17.7 Å². The number of anilines is 2. The summed E-state index contributed by atoms with van der Waals surface area (Å²) >= 11 is 6.27. The van der Waals surface area contributed by atoms with E-state index in [2.05, 4.69) is 20.8 Å². The highest BCUT2D eigenvalue weighted by atomic mass is 35.5. The summed E-state index contributed by atoms with van der Waals surface area (Å²) in [5.74, 6) is 0.664. The molecule has 1 unspecified atom stereocenters. The van der Waals surface area contributed by atoms with Gasteiger partial charge in [0, 0.05) is 18.3 Å². The summed E-state index contributed by atoms with van der Waals surface area (Å²) in [7, 11) is 0. The van der Waals surface area contributed by atoms with Crippen molar-refractivity contribution in [2.24, 2.45) is 0 Å². The Labute approximate surface area is 178 Å². The van der Waals surface area contributed by atoms with Crippen LogP contribution in [0.3, 0.4) is 0 Å². The topological polar surface area (TPSA) is 80.0 Å². The second-order valence-electron chi connectivity index (χ2n) is 6.67. The third-order valence-corrected chi connectivity index (χ3v) is 4.77. The van der Waals surface area contributed by atoms with Crippen molar-refractivity contribution in [3.05, 3.63) is 95.3 Å². The average Bonchev–Trinajstić information content (AvgIpc) is 3.23. The van der Waals surface area contributed by atoms with Crippen molar-refractivity contribution in [1.82, 2.24) is 10.2 Å². The fourth-order valence-electron chi connectivity index (χ4n) is 3.05. The van der Waals surface area contributed by atoms with Crippen LogP contribution in [0.25, 0.3) is 11.5 Å². The smallest absolute Gasteiger partial charge is 0.249 e. The molecule has 0 aliphatic rings. The van der Waals surface area contributed by atoms with Gasteiger partial charge in [-0.15, -0.1) is 10.2 Å². The molecule has 0 radical (unpaired) electrons. The maximum atomic E-state index is 11.2. The zero-order valence-corrected chi connectivity index (χ0v) is 16.9. The van der Waals surface area contributed by atoms with E-state index in [0.717, 1.165) is 16.9 Å². The van der Waals surface area contributed by atoms with Gasteiger partial charge in [-0.05, 0) is 42.0 Å². The summed E-state index contributed by atoms with van der Waals surface area (Å²) in [4.78, 5) is 11.2. The lowest BCUT2D eigenvalue weighted by atomic mass is 10.1. The summed E-state index contributed by atoms with van der Waals surface area (Å²) < 4.78 is 5.99. The third kappa shape index (κ3) is 4.50. The molecule has 0 aliphatic heterocycles. The zero-order chi connectivity index (χ0) is 20.9. The molecule has 30 heavy (non-hydrogen) atoms. The van der Waals surface area contributed by atoms with E-state index in [9.17, 15) is 4.79 Å². The first-order valence-corrected chi connectivity index (χ1v) is 9.75. The van der Waals surface area contributed by atoms with Crippen LogP contribution in [0, 0.1) is 0 Å². The molecule has 150 valence electrons. The molecule has 4 aromatic rings. The van der Waals surface area contributed by atoms with Gasteiger partial charge in [0.1, 0.15) is 6.04 Å². The van der Waals surface area contributed by atoms with Crippen molar-refractivity contribution in [3.8, 4) is 11.5 Å². The monoisotopic (exact) mass is 418 g/mol. The second kappa shape index (κ2) is 8.80. The van der Waals surface area contributed by atoms with E-state index in [1.165, 1.54) is 6.92 Å². The first-order chi connectivity index (χ1) is 14.6. The van der Waals surface area contributed by atoms with Crippen LogP contribution in [0.4, 0.5) is 11.4 Å². The Bertz CT molecular complexity index is 1140. The first-order valence-electron chi connectivity index (χ1n) is 9.37. The van der Waals surface area contributed by atoms with Crippen molar-refractivity contribution >= 4 is 28.9 Å². The predicted molar refractivity (Wildman–Crippen MR) is 117 cm³/mol. The van der Waals surface area contributed by atoms with E-state index in [4.69, 9.17) is 16.0 Å². The van der Waals surface area contributed by atoms with Gasteiger partial charge in [0.05, 0.1) is 10.6 Å². The normalized spacial score (nSPS) is 11.7. The van der Waals surface area contributed by atoms with Gasteiger partial charge in [-0.2, -0.15) is 0 Å². The van der Waals surface area contributed by atoms with Gasteiger partial charge in [0.25, 0.3) is 0 Å². The van der Waals surface area contributed by atoms with Crippen LogP contribution < -0.4 is 10.6 Å². The van der Waals surface area contributed by atoms with Crippen LogP contribution in [0.15, 0.2) is 83.3 Å². The van der Waals surface area contributed by atoms with Crippen LogP contribution in [0.2, 0.25) is 5.02 Å². The maximum absolute atomic E-state index is 11.2. The molecule has 3 aromatic carbocycles. The Morgan fingerprint density at radius 1 is 0.900 bits per heavy atom. The molecule has 1 heterocycles. The first kappa shape index (κ1) is 19.7. The minimum absolute atomic E-state index is 0.115. The van der Waals surface area contributed by atoms with Crippen LogP contribution in [-0.4, -0.2) is 16.1 Å². The molecule has 2 N–H and O–H groups in total. The molecule has 1 atom stereocenters. The van der Waals surface area contributed by atoms with Crippen LogP contribution in [-0.2, 0) is 4.79 Å². The summed E-state index contributed by atoms with van der Waals surface area (Å²) in [5, 5.41) is 15.2. The Morgan fingerprint density at radius 3 is 2.27 bits per heavy atom. The molecule has 1 aromatic heterocycles. The van der Waals surface area contributed by atoms with Crippen LogP contribution >= 0.6 is 11.6 Å². The number of hydrogen-bond donors (Lipinski definition) is 2. The molecular formula is C23H19ClN4O2. The number of rotatable bonds is 6. The number of carbonyl (C=O) groups is 1. The largest absolute Gasteiger partial charge is 0.418 e. The number of amides is 1. The zero-order valence-electron chi connectivity index (χ0n) is 16.2. The van der Waals surface area contributed by atoms with E-state index in [0.29, 0.717) is 22.4 Å². The van der Waals surface area contributed by atoms with E-state index in [-0.39, 0.29) is 11.9 Å². The number of aromatic nitrogens is 2. The predicted octanol–water partition coefficient (Wildman–Crippen LogP) is 5.55. The lowest BCUT2D eigenvalue weighted by Gasteiger charge is -2.17. The molecule has 0 aliphatic carbocycles. The molecule has 6 nitrogen and oxygen atoms in total.